The predicted molar refractivity (Wildman–Crippen MR) is 117 cm³/mol. The number of benzene rings is 1. The number of nitrogens with one attached hydrogen (secondary N) is 1. The maximum Gasteiger partial charge on any atom is 0.338 e. The zero-order chi connectivity index (χ0) is 19.7. The Morgan fingerprint density at radius 2 is 1.52 bits per heavy atom. The van der Waals surface area contributed by atoms with Gasteiger partial charge in [0.05, 0.1) is 12.2 Å². The minimum atomic E-state index is -0.205. The highest BCUT2D eigenvalue weighted by Crippen LogP contribution is 2.15. The molecule has 0 spiro atoms. The van der Waals surface area contributed by atoms with Crippen LogP contribution < -0.4 is 5.32 Å². The summed E-state index contributed by atoms with van der Waals surface area (Å²) in [5.74, 6) is 0.278. The first-order valence-corrected chi connectivity index (χ1v) is 11.2. The first kappa shape index (κ1) is 23.5. The molecular formula is C24H41NO2. The van der Waals surface area contributed by atoms with Crippen molar-refractivity contribution in [3.05, 3.63) is 29.8 Å². The summed E-state index contributed by atoms with van der Waals surface area (Å²) in [6.45, 7) is 8.15. The van der Waals surface area contributed by atoms with Gasteiger partial charge in [-0.3, -0.25) is 0 Å². The van der Waals surface area contributed by atoms with Crippen LogP contribution in [0.4, 0.5) is 5.69 Å². The summed E-state index contributed by atoms with van der Waals surface area (Å²) in [5, 5.41) is 3.44. The van der Waals surface area contributed by atoms with E-state index in [1.54, 1.807) is 0 Å². The van der Waals surface area contributed by atoms with Crippen LogP contribution in [-0.4, -0.2) is 19.1 Å². The van der Waals surface area contributed by atoms with Gasteiger partial charge in [-0.05, 0) is 43.0 Å². The summed E-state index contributed by atoms with van der Waals surface area (Å²) in [4.78, 5) is 12.2. The molecule has 0 fully saturated rings. The fraction of sp³-hybridized carbons (Fsp3) is 0.708. The summed E-state index contributed by atoms with van der Waals surface area (Å²) in [7, 11) is 0. The Kier molecular flexibility index (Phi) is 13.5. The normalized spacial score (nSPS) is 12.0. The van der Waals surface area contributed by atoms with Gasteiger partial charge < -0.3 is 10.1 Å². The van der Waals surface area contributed by atoms with E-state index in [0.29, 0.717) is 18.1 Å². The number of ether oxygens (including phenoxy) is 1. The Morgan fingerprint density at radius 3 is 2.15 bits per heavy atom. The van der Waals surface area contributed by atoms with Crippen LogP contribution in [0.25, 0.3) is 0 Å². The van der Waals surface area contributed by atoms with Crippen LogP contribution in [0.15, 0.2) is 24.3 Å². The maximum atomic E-state index is 12.2. The van der Waals surface area contributed by atoms with Crippen molar-refractivity contribution < 1.29 is 9.53 Å². The third-order valence-electron chi connectivity index (χ3n) is 5.22. The summed E-state index contributed by atoms with van der Waals surface area (Å²) in [6, 6.07) is 7.68. The molecular weight excluding hydrogens is 334 g/mol. The van der Waals surface area contributed by atoms with Gasteiger partial charge >= 0.3 is 5.97 Å². The van der Waals surface area contributed by atoms with Gasteiger partial charge in [0.25, 0.3) is 0 Å². The molecule has 154 valence electrons. The largest absolute Gasteiger partial charge is 0.462 e. The van der Waals surface area contributed by atoms with E-state index in [2.05, 4.69) is 26.1 Å². The summed E-state index contributed by atoms with van der Waals surface area (Å²) < 4.78 is 5.51. The molecule has 0 saturated heterocycles. The van der Waals surface area contributed by atoms with Crippen LogP contribution in [0.3, 0.4) is 0 Å². The molecule has 1 aromatic carbocycles. The van der Waals surface area contributed by atoms with E-state index >= 15 is 0 Å². The lowest BCUT2D eigenvalue weighted by molar-refractivity contribution is 0.0428. The van der Waals surface area contributed by atoms with Crippen molar-refractivity contribution in [3.63, 3.8) is 0 Å². The number of hydrogen-bond acceptors (Lipinski definition) is 3. The van der Waals surface area contributed by atoms with Crippen LogP contribution in [0.5, 0.6) is 0 Å². The van der Waals surface area contributed by atoms with Gasteiger partial charge in [-0.25, -0.2) is 4.79 Å². The average Bonchev–Trinajstić information content (AvgIpc) is 2.70. The monoisotopic (exact) mass is 375 g/mol. The number of carbonyl (C=O) groups is 1. The minimum absolute atomic E-state index is 0.205. The topological polar surface area (TPSA) is 38.3 Å². The van der Waals surface area contributed by atoms with Gasteiger partial charge in [-0.1, -0.05) is 78.6 Å². The lowest BCUT2D eigenvalue weighted by atomic mass is 10.0. The number of anilines is 1. The van der Waals surface area contributed by atoms with Gasteiger partial charge in [0.1, 0.15) is 0 Å². The second kappa shape index (κ2) is 15.5. The number of carbonyl (C=O) groups excluding carboxylic acids is 1. The molecule has 3 heteroatoms. The Labute approximate surface area is 167 Å². The molecule has 0 aromatic heterocycles. The average molecular weight is 376 g/mol. The number of rotatable bonds is 16. The first-order chi connectivity index (χ1) is 13.2. The first-order valence-electron chi connectivity index (χ1n) is 11.2. The van der Waals surface area contributed by atoms with Crippen molar-refractivity contribution in [3.8, 4) is 0 Å². The van der Waals surface area contributed by atoms with E-state index in [1.807, 2.05) is 24.3 Å². The fourth-order valence-electron chi connectivity index (χ4n) is 3.21. The van der Waals surface area contributed by atoms with Gasteiger partial charge in [-0.2, -0.15) is 0 Å². The van der Waals surface area contributed by atoms with Crippen molar-refractivity contribution in [2.75, 3.05) is 18.5 Å². The lowest BCUT2D eigenvalue weighted by Crippen LogP contribution is -2.14. The molecule has 1 aromatic rings. The van der Waals surface area contributed by atoms with Gasteiger partial charge in [0, 0.05) is 12.2 Å². The molecule has 1 rings (SSSR count). The summed E-state index contributed by atoms with van der Waals surface area (Å²) in [5.41, 5.74) is 1.72. The van der Waals surface area contributed by atoms with E-state index in [9.17, 15) is 4.79 Å². The molecule has 1 N–H and O–H groups in total. The Hall–Kier alpha value is -1.51. The Morgan fingerprint density at radius 1 is 0.889 bits per heavy atom. The molecule has 0 amide bonds. The van der Waals surface area contributed by atoms with Crippen LogP contribution in [0.1, 0.15) is 102 Å². The van der Waals surface area contributed by atoms with E-state index in [4.69, 9.17) is 4.74 Å². The molecule has 0 aliphatic rings. The maximum absolute atomic E-state index is 12.2. The van der Waals surface area contributed by atoms with E-state index in [1.165, 1.54) is 57.8 Å². The predicted octanol–water partition coefficient (Wildman–Crippen LogP) is 7.22. The smallest absolute Gasteiger partial charge is 0.338 e. The lowest BCUT2D eigenvalue weighted by Gasteiger charge is -2.14. The molecule has 1 unspecified atom stereocenters. The van der Waals surface area contributed by atoms with Gasteiger partial charge in [-0.15, -0.1) is 0 Å². The van der Waals surface area contributed by atoms with E-state index in [0.717, 1.165) is 25.1 Å². The van der Waals surface area contributed by atoms with Gasteiger partial charge in [0.15, 0.2) is 0 Å². The van der Waals surface area contributed by atoms with Crippen molar-refractivity contribution in [1.82, 2.24) is 0 Å². The number of esters is 1. The Bertz CT molecular complexity index is 484. The van der Waals surface area contributed by atoms with Crippen molar-refractivity contribution in [1.29, 1.82) is 0 Å². The third kappa shape index (κ3) is 11.0. The Balaban J connectivity index is 2.23. The van der Waals surface area contributed by atoms with Crippen molar-refractivity contribution in [2.45, 2.75) is 91.4 Å². The number of hydrogen-bond donors (Lipinski definition) is 1. The van der Waals surface area contributed by atoms with Crippen molar-refractivity contribution in [2.24, 2.45) is 5.92 Å². The molecule has 27 heavy (non-hydrogen) atoms. The molecule has 3 nitrogen and oxygen atoms in total. The summed E-state index contributed by atoms with van der Waals surface area (Å²) >= 11 is 0. The van der Waals surface area contributed by atoms with Gasteiger partial charge in [0.2, 0.25) is 0 Å². The molecule has 0 saturated carbocycles. The third-order valence-corrected chi connectivity index (χ3v) is 5.22. The van der Waals surface area contributed by atoms with Crippen LogP contribution >= 0.6 is 0 Å². The zero-order valence-electron chi connectivity index (χ0n) is 17.9. The standard InChI is InChI=1S/C24H41NO2/c1-4-7-9-10-11-12-13-19-25-23-17-15-22(16-18-23)24(26)27-20-21(6-3)14-8-5-2/h15-18,21,25H,4-14,19-20H2,1-3H3. The van der Waals surface area contributed by atoms with Crippen LogP contribution in [0.2, 0.25) is 0 Å². The highest BCUT2D eigenvalue weighted by molar-refractivity contribution is 5.89. The molecule has 1 atom stereocenters. The van der Waals surface area contributed by atoms with E-state index in [-0.39, 0.29) is 5.97 Å². The zero-order valence-corrected chi connectivity index (χ0v) is 17.9. The highest BCUT2D eigenvalue weighted by atomic mass is 16.5. The molecule has 0 aliphatic heterocycles. The molecule has 0 radical (unpaired) electrons. The molecule has 0 aliphatic carbocycles. The van der Waals surface area contributed by atoms with Crippen LogP contribution in [-0.2, 0) is 4.74 Å². The minimum Gasteiger partial charge on any atom is -0.462 e. The fourth-order valence-corrected chi connectivity index (χ4v) is 3.21. The molecule has 0 heterocycles. The van der Waals surface area contributed by atoms with Crippen molar-refractivity contribution >= 4 is 11.7 Å². The van der Waals surface area contributed by atoms with Crippen LogP contribution in [0, 0.1) is 5.92 Å². The number of unbranched alkanes of at least 4 members (excludes halogenated alkanes) is 7. The summed E-state index contributed by atoms with van der Waals surface area (Å²) in [6.07, 6.45) is 13.8. The molecule has 0 bridgehead atoms. The van der Waals surface area contributed by atoms with E-state index < -0.39 is 0 Å². The highest BCUT2D eigenvalue weighted by Gasteiger charge is 2.11. The second-order valence-electron chi connectivity index (χ2n) is 7.64. The quantitative estimate of drug-likeness (QED) is 0.245. The SMILES string of the molecule is CCCCCCCCCNc1ccc(C(=O)OCC(CC)CCCC)cc1. The second-order valence-corrected chi connectivity index (χ2v) is 7.64.